The van der Waals surface area contributed by atoms with Crippen molar-refractivity contribution in [2.24, 2.45) is 0 Å². The molecule has 1 N–H and O–H groups in total. The van der Waals surface area contributed by atoms with Gasteiger partial charge in [0.2, 0.25) is 0 Å². The molecule has 0 aromatic heterocycles. The first-order valence-electron chi connectivity index (χ1n) is 5.80. The van der Waals surface area contributed by atoms with Crippen LogP contribution in [0.15, 0.2) is 12.1 Å². The van der Waals surface area contributed by atoms with E-state index in [-0.39, 0.29) is 5.69 Å². The topological polar surface area (TPSA) is 83.7 Å². The van der Waals surface area contributed by atoms with Gasteiger partial charge in [-0.1, -0.05) is 13.3 Å². The first-order valence-corrected chi connectivity index (χ1v) is 5.80. The molecule has 0 aliphatic rings. The number of unbranched alkanes of at least 4 members (excludes halogenated alkanes) is 1. The van der Waals surface area contributed by atoms with E-state index < -0.39 is 28.0 Å². The van der Waals surface area contributed by atoms with Crippen LogP contribution in [0.4, 0.5) is 15.8 Å². The lowest BCUT2D eigenvalue weighted by Gasteiger charge is -2.19. The molecule has 0 saturated heterocycles. The molecule has 0 radical (unpaired) electrons. The summed E-state index contributed by atoms with van der Waals surface area (Å²) in [7, 11) is 1.61. The number of nitrogens with zero attached hydrogens (tertiary/aromatic N) is 2. The van der Waals surface area contributed by atoms with E-state index in [2.05, 4.69) is 0 Å². The average Bonchev–Trinajstić information content (AvgIpc) is 2.34. The highest BCUT2D eigenvalue weighted by atomic mass is 19.1. The number of aromatic carboxylic acids is 1. The summed E-state index contributed by atoms with van der Waals surface area (Å²) >= 11 is 0. The zero-order chi connectivity index (χ0) is 14.6. The van der Waals surface area contributed by atoms with E-state index in [1.54, 1.807) is 11.9 Å². The quantitative estimate of drug-likeness (QED) is 0.634. The van der Waals surface area contributed by atoms with Crippen molar-refractivity contribution in [1.29, 1.82) is 0 Å². The lowest BCUT2D eigenvalue weighted by atomic mass is 10.1. The maximum absolute atomic E-state index is 13.5. The lowest BCUT2D eigenvalue weighted by Crippen LogP contribution is -2.20. The van der Waals surface area contributed by atoms with Crippen molar-refractivity contribution in [3.63, 3.8) is 0 Å². The van der Waals surface area contributed by atoms with Crippen LogP contribution in [0, 0.1) is 15.9 Å². The van der Waals surface area contributed by atoms with Crippen LogP contribution in [0.2, 0.25) is 0 Å². The van der Waals surface area contributed by atoms with Crippen molar-refractivity contribution in [2.45, 2.75) is 19.8 Å². The third-order valence-electron chi connectivity index (χ3n) is 2.75. The number of hydrogen-bond acceptors (Lipinski definition) is 4. The first-order chi connectivity index (χ1) is 8.88. The number of rotatable bonds is 6. The molecular weight excluding hydrogens is 255 g/mol. The fraction of sp³-hybridized carbons (Fsp3) is 0.417. The Labute approximate surface area is 109 Å². The minimum atomic E-state index is -1.45. The van der Waals surface area contributed by atoms with Crippen molar-refractivity contribution < 1.29 is 19.2 Å². The third-order valence-corrected chi connectivity index (χ3v) is 2.75. The summed E-state index contributed by atoms with van der Waals surface area (Å²) in [5.74, 6) is -2.55. The molecule has 19 heavy (non-hydrogen) atoms. The normalized spacial score (nSPS) is 10.3. The van der Waals surface area contributed by atoms with Gasteiger partial charge in [0.15, 0.2) is 0 Å². The van der Waals surface area contributed by atoms with E-state index in [0.29, 0.717) is 12.6 Å². The minimum Gasteiger partial charge on any atom is -0.478 e. The van der Waals surface area contributed by atoms with Gasteiger partial charge in [-0.15, -0.1) is 0 Å². The summed E-state index contributed by atoms with van der Waals surface area (Å²) in [6, 6.07) is 1.66. The van der Waals surface area contributed by atoms with E-state index in [4.69, 9.17) is 5.11 Å². The highest BCUT2D eigenvalue weighted by Crippen LogP contribution is 2.30. The summed E-state index contributed by atoms with van der Waals surface area (Å²) in [6.07, 6.45) is 1.69. The van der Waals surface area contributed by atoms with Gasteiger partial charge < -0.3 is 10.0 Å². The Morgan fingerprint density at radius 3 is 2.63 bits per heavy atom. The van der Waals surface area contributed by atoms with Gasteiger partial charge in [-0.2, -0.15) is 0 Å². The SMILES string of the molecule is CCCCN(C)c1cc(C(=O)O)c(F)cc1[N+](=O)[O-]. The summed E-state index contributed by atoms with van der Waals surface area (Å²) in [5.41, 5.74) is -0.887. The molecule has 0 heterocycles. The second kappa shape index (κ2) is 6.12. The van der Waals surface area contributed by atoms with Crippen LogP contribution in [0.5, 0.6) is 0 Å². The number of nitro groups is 1. The number of carboxylic acids is 1. The molecule has 0 saturated carbocycles. The van der Waals surface area contributed by atoms with Crippen LogP contribution in [-0.4, -0.2) is 29.6 Å². The standard InChI is InChI=1S/C12H15FN2O4/c1-3-4-5-14(2)10-6-8(12(16)17)9(13)7-11(10)15(18)19/h6-7H,3-5H2,1-2H3,(H,16,17). The second-order valence-electron chi connectivity index (χ2n) is 4.16. The van der Waals surface area contributed by atoms with Crippen molar-refractivity contribution >= 4 is 17.3 Å². The van der Waals surface area contributed by atoms with E-state index >= 15 is 0 Å². The highest BCUT2D eigenvalue weighted by molar-refractivity contribution is 5.90. The van der Waals surface area contributed by atoms with E-state index in [1.807, 2.05) is 6.92 Å². The summed E-state index contributed by atoms with van der Waals surface area (Å²) in [6.45, 7) is 2.50. The Morgan fingerprint density at radius 2 is 2.16 bits per heavy atom. The van der Waals surface area contributed by atoms with Crippen molar-refractivity contribution in [3.05, 3.63) is 33.6 Å². The van der Waals surface area contributed by atoms with Crippen LogP contribution < -0.4 is 4.90 Å². The maximum Gasteiger partial charge on any atom is 0.338 e. The molecule has 1 rings (SSSR count). The van der Waals surface area contributed by atoms with Crippen LogP contribution in [0.3, 0.4) is 0 Å². The van der Waals surface area contributed by atoms with Crippen LogP contribution >= 0.6 is 0 Å². The van der Waals surface area contributed by atoms with Crippen molar-refractivity contribution in [3.8, 4) is 0 Å². The zero-order valence-electron chi connectivity index (χ0n) is 10.7. The maximum atomic E-state index is 13.5. The van der Waals surface area contributed by atoms with Gasteiger partial charge >= 0.3 is 5.97 Å². The van der Waals surface area contributed by atoms with Crippen molar-refractivity contribution in [1.82, 2.24) is 0 Å². The van der Waals surface area contributed by atoms with Gasteiger partial charge in [0, 0.05) is 13.6 Å². The van der Waals surface area contributed by atoms with Crippen LogP contribution in [-0.2, 0) is 0 Å². The van der Waals surface area contributed by atoms with Gasteiger partial charge in [-0.25, -0.2) is 9.18 Å². The van der Waals surface area contributed by atoms with E-state index in [1.165, 1.54) is 0 Å². The Hall–Kier alpha value is -2.18. The van der Waals surface area contributed by atoms with Gasteiger partial charge in [-0.05, 0) is 12.5 Å². The molecule has 1 aromatic carbocycles. The Bertz CT molecular complexity index is 505. The average molecular weight is 270 g/mol. The molecule has 7 heteroatoms. The first kappa shape index (κ1) is 14.9. The van der Waals surface area contributed by atoms with Gasteiger partial charge in [0.1, 0.15) is 11.5 Å². The Balaban J connectivity index is 3.28. The molecule has 0 aliphatic heterocycles. The molecule has 6 nitrogen and oxygen atoms in total. The largest absolute Gasteiger partial charge is 0.478 e. The molecule has 0 unspecified atom stereocenters. The fourth-order valence-electron chi connectivity index (χ4n) is 1.68. The molecule has 0 bridgehead atoms. The van der Waals surface area contributed by atoms with Crippen LogP contribution in [0.25, 0.3) is 0 Å². The molecule has 0 spiro atoms. The Kier molecular flexibility index (Phi) is 4.80. The predicted octanol–water partition coefficient (Wildman–Crippen LogP) is 2.67. The fourth-order valence-corrected chi connectivity index (χ4v) is 1.68. The number of nitro benzene ring substituents is 1. The van der Waals surface area contributed by atoms with Gasteiger partial charge in [-0.3, -0.25) is 10.1 Å². The number of hydrogen-bond donors (Lipinski definition) is 1. The molecule has 0 aliphatic carbocycles. The Morgan fingerprint density at radius 1 is 1.53 bits per heavy atom. The third kappa shape index (κ3) is 3.40. The van der Waals surface area contributed by atoms with Gasteiger partial charge in [0.05, 0.1) is 16.6 Å². The van der Waals surface area contributed by atoms with Crippen LogP contribution in [0.1, 0.15) is 30.1 Å². The molecule has 0 amide bonds. The molecule has 104 valence electrons. The van der Waals surface area contributed by atoms with E-state index in [0.717, 1.165) is 18.9 Å². The lowest BCUT2D eigenvalue weighted by molar-refractivity contribution is -0.384. The number of benzene rings is 1. The number of carbonyl (C=O) groups is 1. The smallest absolute Gasteiger partial charge is 0.338 e. The predicted molar refractivity (Wildman–Crippen MR) is 68.2 cm³/mol. The molecule has 1 aromatic rings. The number of anilines is 1. The zero-order valence-corrected chi connectivity index (χ0v) is 10.7. The summed E-state index contributed by atoms with van der Waals surface area (Å²) in [5, 5.41) is 19.7. The highest BCUT2D eigenvalue weighted by Gasteiger charge is 2.23. The number of carboxylic acid groups (broad SMARTS) is 1. The minimum absolute atomic E-state index is 0.109. The summed E-state index contributed by atoms with van der Waals surface area (Å²) in [4.78, 5) is 22.6. The monoisotopic (exact) mass is 270 g/mol. The van der Waals surface area contributed by atoms with Crippen molar-refractivity contribution in [2.75, 3.05) is 18.5 Å². The molecular formula is C12H15FN2O4. The molecule has 0 atom stereocenters. The number of halogens is 1. The summed E-state index contributed by atoms with van der Waals surface area (Å²) < 4.78 is 13.5. The second-order valence-corrected chi connectivity index (χ2v) is 4.16. The van der Waals surface area contributed by atoms with E-state index in [9.17, 15) is 19.3 Å². The van der Waals surface area contributed by atoms with Gasteiger partial charge in [0.25, 0.3) is 5.69 Å². The molecule has 0 fully saturated rings.